The Labute approximate surface area is 90.3 Å². The van der Waals surface area contributed by atoms with Gasteiger partial charge in [-0.25, -0.2) is 0 Å². The minimum absolute atomic E-state index is 0. The lowest BCUT2D eigenvalue weighted by molar-refractivity contribution is -0.143. The topological polar surface area (TPSA) is 90.7 Å². The van der Waals surface area contributed by atoms with E-state index in [1.807, 2.05) is 0 Å². The first kappa shape index (κ1) is 15.5. The summed E-state index contributed by atoms with van der Waals surface area (Å²) in [7, 11) is 0. The lowest BCUT2D eigenvalue weighted by atomic mass is 10.2. The van der Waals surface area contributed by atoms with Crippen molar-refractivity contribution in [3.63, 3.8) is 0 Å². The highest BCUT2D eigenvalue weighted by atomic mass is 35.5. The number of carbonyl (C=O) groups excluding carboxylic acids is 1. The number of hydrogen-bond donors (Lipinski definition) is 2. The van der Waals surface area contributed by atoms with Crippen molar-refractivity contribution < 1.29 is 9.53 Å². The molecule has 0 radical (unpaired) electrons. The number of unbranched alkanes of at least 4 members (excludes halogenated alkanes) is 1. The van der Waals surface area contributed by atoms with E-state index in [1.165, 1.54) is 0 Å². The summed E-state index contributed by atoms with van der Waals surface area (Å²) < 4.78 is 4.75. The number of halogens is 1. The van der Waals surface area contributed by atoms with E-state index in [9.17, 15) is 4.79 Å². The summed E-state index contributed by atoms with van der Waals surface area (Å²) in [5.74, 6) is -0.0664. The van der Waals surface area contributed by atoms with E-state index in [4.69, 9.17) is 16.2 Å². The second kappa shape index (κ2) is 10.1. The summed E-state index contributed by atoms with van der Waals surface area (Å²) in [6.45, 7) is 2.80. The Bertz CT molecular complexity index is 181. The zero-order valence-electron chi connectivity index (χ0n) is 8.36. The van der Waals surface area contributed by atoms with E-state index >= 15 is 0 Å². The van der Waals surface area contributed by atoms with Crippen molar-refractivity contribution in [2.24, 2.45) is 16.5 Å². The summed E-state index contributed by atoms with van der Waals surface area (Å²) in [4.78, 5) is 14.6. The Morgan fingerprint density at radius 2 is 2.00 bits per heavy atom. The number of carbonyl (C=O) groups is 1. The monoisotopic (exact) mass is 223 g/mol. The summed E-state index contributed by atoms with van der Waals surface area (Å²) >= 11 is 0. The molecule has 4 N–H and O–H groups in total. The number of nitrogens with two attached hydrogens (primary N) is 2. The van der Waals surface area contributed by atoms with Crippen LogP contribution in [0.3, 0.4) is 0 Å². The van der Waals surface area contributed by atoms with Gasteiger partial charge in [0.05, 0.1) is 6.61 Å². The number of ether oxygens (including phenoxy) is 1. The average molecular weight is 224 g/mol. The second-order valence-electron chi connectivity index (χ2n) is 2.57. The fourth-order valence-electron chi connectivity index (χ4n) is 0.822. The molecule has 0 atom stereocenters. The molecule has 0 spiro atoms. The van der Waals surface area contributed by atoms with Gasteiger partial charge in [-0.15, -0.1) is 12.4 Å². The first-order valence-corrected chi connectivity index (χ1v) is 4.37. The van der Waals surface area contributed by atoms with Crippen LogP contribution in [0.2, 0.25) is 0 Å². The molecule has 0 saturated carbocycles. The van der Waals surface area contributed by atoms with Gasteiger partial charge in [-0.2, -0.15) is 0 Å². The van der Waals surface area contributed by atoms with Gasteiger partial charge < -0.3 is 16.2 Å². The molecule has 0 heterocycles. The third kappa shape index (κ3) is 11.0. The van der Waals surface area contributed by atoms with E-state index in [-0.39, 0.29) is 24.3 Å². The van der Waals surface area contributed by atoms with Gasteiger partial charge >= 0.3 is 5.97 Å². The van der Waals surface area contributed by atoms with Crippen LogP contribution in [0.15, 0.2) is 4.99 Å². The van der Waals surface area contributed by atoms with Crippen LogP contribution in [0.1, 0.15) is 26.2 Å². The van der Waals surface area contributed by atoms with Crippen molar-refractivity contribution in [1.29, 1.82) is 0 Å². The molecule has 14 heavy (non-hydrogen) atoms. The molecular formula is C8H18ClN3O2. The third-order valence-electron chi connectivity index (χ3n) is 1.39. The molecule has 0 aromatic rings. The first-order chi connectivity index (χ1) is 6.16. The summed E-state index contributed by atoms with van der Waals surface area (Å²) in [5, 5.41) is 0. The standard InChI is InChI=1S/C8H17N3O2.ClH/c1-2-13-7(12)5-3-4-6-11-8(9)10;/h2-6H2,1H3,(H4,9,10,11);1H. The Morgan fingerprint density at radius 3 is 2.50 bits per heavy atom. The fraction of sp³-hybridized carbons (Fsp3) is 0.750. The van der Waals surface area contributed by atoms with Crippen LogP contribution in [0.25, 0.3) is 0 Å². The maximum absolute atomic E-state index is 10.8. The highest BCUT2D eigenvalue weighted by Gasteiger charge is 1.99. The molecule has 0 aliphatic carbocycles. The fourth-order valence-corrected chi connectivity index (χ4v) is 0.822. The van der Waals surface area contributed by atoms with Crippen molar-refractivity contribution in [2.45, 2.75) is 26.2 Å². The average Bonchev–Trinajstić information content (AvgIpc) is 2.03. The summed E-state index contributed by atoms with van der Waals surface area (Å²) in [6, 6.07) is 0. The van der Waals surface area contributed by atoms with Crippen molar-refractivity contribution >= 4 is 24.3 Å². The predicted molar refractivity (Wildman–Crippen MR) is 58.4 cm³/mol. The molecule has 6 heteroatoms. The van der Waals surface area contributed by atoms with Gasteiger partial charge in [-0.1, -0.05) is 0 Å². The lowest BCUT2D eigenvalue weighted by Gasteiger charge is -1.99. The van der Waals surface area contributed by atoms with Gasteiger partial charge in [0, 0.05) is 13.0 Å². The summed E-state index contributed by atoms with van der Waals surface area (Å²) in [6.07, 6.45) is 2.00. The van der Waals surface area contributed by atoms with Gasteiger partial charge in [0.2, 0.25) is 0 Å². The first-order valence-electron chi connectivity index (χ1n) is 4.37. The number of hydrogen-bond acceptors (Lipinski definition) is 3. The van der Waals surface area contributed by atoms with Crippen molar-refractivity contribution in [2.75, 3.05) is 13.2 Å². The highest BCUT2D eigenvalue weighted by molar-refractivity contribution is 5.85. The molecule has 0 aromatic carbocycles. The van der Waals surface area contributed by atoms with Gasteiger partial charge in [-0.05, 0) is 19.8 Å². The smallest absolute Gasteiger partial charge is 0.305 e. The summed E-state index contributed by atoms with van der Waals surface area (Å²) in [5.41, 5.74) is 10.2. The Kier molecular flexibility index (Phi) is 11.2. The molecule has 0 fully saturated rings. The van der Waals surface area contributed by atoms with Crippen LogP contribution in [-0.4, -0.2) is 25.1 Å². The van der Waals surface area contributed by atoms with E-state index in [2.05, 4.69) is 4.99 Å². The second-order valence-corrected chi connectivity index (χ2v) is 2.57. The Balaban J connectivity index is 0. The van der Waals surface area contributed by atoms with Crippen molar-refractivity contribution in [3.05, 3.63) is 0 Å². The normalized spacial score (nSPS) is 8.64. The van der Waals surface area contributed by atoms with Crippen LogP contribution in [0, 0.1) is 0 Å². The zero-order valence-corrected chi connectivity index (χ0v) is 9.18. The Hall–Kier alpha value is -0.970. The van der Waals surface area contributed by atoms with Gasteiger partial charge in [-0.3, -0.25) is 9.79 Å². The van der Waals surface area contributed by atoms with Crippen LogP contribution in [0.4, 0.5) is 0 Å². The van der Waals surface area contributed by atoms with E-state index in [0.717, 1.165) is 12.8 Å². The molecule has 0 aromatic heterocycles. The maximum Gasteiger partial charge on any atom is 0.305 e. The predicted octanol–water partition coefficient (Wildman–Crippen LogP) is 0.415. The highest BCUT2D eigenvalue weighted by Crippen LogP contribution is 1.97. The van der Waals surface area contributed by atoms with Gasteiger partial charge in [0.15, 0.2) is 5.96 Å². The number of aliphatic imine (C=N–C) groups is 1. The quantitative estimate of drug-likeness (QED) is 0.295. The van der Waals surface area contributed by atoms with Crippen LogP contribution < -0.4 is 11.5 Å². The molecule has 0 saturated heterocycles. The van der Waals surface area contributed by atoms with Gasteiger partial charge in [0.1, 0.15) is 0 Å². The molecule has 0 aliphatic rings. The van der Waals surface area contributed by atoms with Crippen molar-refractivity contribution in [1.82, 2.24) is 0 Å². The molecule has 0 aliphatic heterocycles. The molecule has 0 unspecified atom stereocenters. The maximum atomic E-state index is 10.8. The number of guanidine groups is 1. The van der Waals surface area contributed by atoms with Crippen LogP contribution in [0.5, 0.6) is 0 Å². The zero-order chi connectivity index (χ0) is 10.1. The van der Waals surface area contributed by atoms with E-state index in [0.29, 0.717) is 19.6 Å². The molecule has 84 valence electrons. The number of rotatable bonds is 6. The Morgan fingerprint density at radius 1 is 1.36 bits per heavy atom. The lowest BCUT2D eigenvalue weighted by Crippen LogP contribution is -2.22. The third-order valence-corrected chi connectivity index (χ3v) is 1.39. The number of nitrogens with zero attached hydrogens (tertiary/aromatic N) is 1. The molecular weight excluding hydrogens is 206 g/mol. The largest absolute Gasteiger partial charge is 0.466 e. The van der Waals surface area contributed by atoms with E-state index in [1.54, 1.807) is 6.92 Å². The molecule has 0 rings (SSSR count). The van der Waals surface area contributed by atoms with E-state index < -0.39 is 0 Å². The van der Waals surface area contributed by atoms with Crippen molar-refractivity contribution in [3.8, 4) is 0 Å². The molecule has 5 nitrogen and oxygen atoms in total. The number of esters is 1. The minimum atomic E-state index is -0.160. The molecule has 0 bridgehead atoms. The minimum Gasteiger partial charge on any atom is -0.466 e. The van der Waals surface area contributed by atoms with Crippen LogP contribution in [-0.2, 0) is 9.53 Å². The molecule has 0 amide bonds. The van der Waals surface area contributed by atoms with Gasteiger partial charge in [0.25, 0.3) is 0 Å². The van der Waals surface area contributed by atoms with Crippen LogP contribution >= 0.6 is 12.4 Å². The SMILES string of the molecule is CCOC(=O)CCCCN=C(N)N.Cl.